The van der Waals surface area contributed by atoms with E-state index in [0.717, 1.165) is 0 Å². The average molecular weight is 193 g/mol. The van der Waals surface area contributed by atoms with Crippen molar-refractivity contribution in [2.75, 3.05) is 26.7 Å². The molecule has 0 amide bonds. The molecule has 1 aliphatic rings. The fraction of sp³-hybridized carbons (Fsp3) is 1.00. The molecule has 1 rings (SSSR count). The predicted octanol–water partition coefficient (Wildman–Crippen LogP) is -3.48. The number of hydrogen-bond donors (Lipinski definition) is 2. The second kappa shape index (κ2) is 4.45. The van der Waals surface area contributed by atoms with E-state index in [9.17, 15) is 0 Å². The number of halogens is 1. The van der Waals surface area contributed by atoms with Crippen LogP contribution in [-0.2, 0) is 0 Å². The highest BCUT2D eigenvalue weighted by molar-refractivity contribution is 4.80. The smallest absolute Gasteiger partial charge is 0.0930 e. The Balaban J connectivity index is 0.00000121. The summed E-state index contributed by atoms with van der Waals surface area (Å²) in [5.41, 5.74) is 0.418. The van der Waals surface area contributed by atoms with Gasteiger partial charge in [-0.3, -0.25) is 0 Å². The first kappa shape index (κ1) is 12.2. The third-order valence-corrected chi connectivity index (χ3v) is 2.54. The lowest BCUT2D eigenvalue weighted by molar-refractivity contribution is -0.885. The lowest BCUT2D eigenvalue weighted by Gasteiger charge is -2.36. The number of piperazine rings is 1. The maximum absolute atomic E-state index is 3.57. The maximum Gasteiger partial charge on any atom is 0.0930 e. The molecule has 74 valence electrons. The van der Waals surface area contributed by atoms with Crippen LogP contribution in [0.3, 0.4) is 0 Å². The monoisotopic (exact) mass is 192 g/mol. The SMILES string of the molecule is C[NH+]1CCNC(C(C)(C)C)C1.[Cl-]. The van der Waals surface area contributed by atoms with E-state index >= 15 is 0 Å². The molecule has 1 fully saturated rings. The summed E-state index contributed by atoms with van der Waals surface area (Å²) in [7, 11) is 2.28. The molecule has 3 heteroatoms. The van der Waals surface area contributed by atoms with Gasteiger partial charge in [-0.15, -0.1) is 0 Å². The Labute approximate surface area is 82.1 Å². The van der Waals surface area contributed by atoms with E-state index in [1.165, 1.54) is 19.6 Å². The van der Waals surface area contributed by atoms with Crippen molar-refractivity contribution in [1.82, 2.24) is 5.32 Å². The van der Waals surface area contributed by atoms with Crippen molar-refractivity contribution in [3.05, 3.63) is 0 Å². The molecule has 0 radical (unpaired) electrons. The zero-order valence-corrected chi connectivity index (χ0v) is 9.33. The molecule has 0 aromatic heterocycles. The lowest BCUT2D eigenvalue weighted by atomic mass is 9.85. The minimum atomic E-state index is 0. The summed E-state index contributed by atoms with van der Waals surface area (Å²) in [4.78, 5) is 1.66. The molecule has 12 heavy (non-hydrogen) atoms. The van der Waals surface area contributed by atoms with Crippen molar-refractivity contribution >= 4 is 0 Å². The molecule has 0 aliphatic carbocycles. The van der Waals surface area contributed by atoms with Gasteiger partial charge in [0.05, 0.1) is 26.2 Å². The summed E-state index contributed by atoms with van der Waals surface area (Å²) < 4.78 is 0. The molecule has 0 saturated carbocycles. The van der Waals surface area contributed by atoms with Gasteiger partial charge in [-0.05, 0) is 5.41 Å². The Morgan fingerprint density at radius 2 is 1.92 bits per heavy atom. The van der Waals surface area contributed by atoms with Gasteiger partial charge in [0.25, 0.3) is 0 Å². The van der Waals surface area contributed by atoms with E-state index in [2.05, 4.69) is 33.1 Å². The highest BCUT2D eigenvalue weighted by Gasteiger charge is 2.29. The van der Waals surface area contributed by atoms with Crippen molar-refractivity contribution in [2.45, 2.75) is 26.8 Å². The molecule has 0 aromatic carbocycles. The zero-order valence-electron chi connectivity index (χ0n) is 8.58. The molecule has 2 unspecified atom stereocenters. The summed E-state index contributed by atoms with van der Waals surface area (Å²) in [6.45, 7) is 10.6. The van der Waals surface area contributed by atoms with E-state index in [4.69, 9.17) is 0 Å². The summed E-state index contributed by atoms with van der Waals surface area (Å²) in [5.74, 6) is 0. The summed E-state index contributed by atoms with van der Waals surface area (Å²) in [6, 6.07) is 0.691. The van der Waals surface area contributed by atoms with Crippen LogP contribution in [0.25, 0.3) is 0 Å². The van der Waals surface area contributed by atoms with E-state index in [1.54, 1.807) is 4.90 Å². The first-order valence-corrected chi connectivity index (χ1v) is 4.55. The predicted molar refractivity (Wildman–Crippen MR) is 47.9 cm³/mol. The lowest BCUT2D eigenvalue weighted by Crippen LogP contribution is -3.13. The van der Waals surface area contributed by atoms with Crippen molar-refractivity contribution in [1.29, 1.82) is 0 Å². The van der Waals surface area contributed by atoms with Crippen LogP contribution in [0.15, 0.2) is 0 Å². The Hall–Kier alpha value is 0.210. The normalized spacial score (nSPS) is 31.0. The number of nitrogens with one attached hydrogen (secondary N) is 2. The Morgan fingerprint density at radius 3 is 2.25 bits per heavy atom. The molecule has 2 atom stereocenters. The largest absolute Gasteiger partial charge is 1.00 e. The first-order chi connectivity index (χ1) is 5.00. The van der Waals surface area contributed by atoms with Crippen LogP contribution in [0.5, 0.6) is 0 Å². The van der Waals surface area contributed by atoms with Crippen LogP contribution < -0.4 is 22.6 Å². The van der Waals surface area contributed by atoms with Crippen LogP contribution in [0.4, 0.5) is 0 Å². The summed E-state index contributed by atoms with van der Waals surface area (Å²) >= 11 is 0. The molecule has 0 bridgehead atoms. The first-order valence-electron chi connectivity index (χ1n) is 4.55. The van der Waals surface area contributed by atoms with Crippen molar-refractivity contribution in [3.8, 4) is 0 Å². The number of quaternary nitrogens is 1. The molecule has 0 aromatic rings. The number of rotatable bonds is 0. The van der Waals surface area contributed by atoms with Crippen LogP contribution >= 0.6 is 0 Å². The molecule has 1 heterocycles. The molecule has 1 aliphatic heterocycles. The van der Waals surface area contributed by atoms with Gasteiger partial charge in [-0.1, -0.05) is 20.8 Å². The maximum atomic E-state index is 3.57. The molecule has 0 spiro atoms. The topological polar surface area (TPSA) is 16.5 Å². The van der Waals surface area contributed by atoms with Gasteiger partial charge in [0.15, 0.2) is 0 Å². The second-order valence-electron chi connectivity index (χ2n) is 4.78. The zero-order chi connectivity index (χ0) is 8.48. The summed E-state index contributed by atoms with van der Waals surface area (Å²) in [6.07, 6.45) is 0. The summed E-state index contributed by atoms with van der Waals surface area (Å²) in [5, 5.41) is 3.57. The Kier molecular flexibility index (Phi) is 4.53. The van der Waals surface area contributed by atoms with Crippen molar-refractivity contribution < 1.29 is 17.3 Å². The van der Waals surface area contributed by atoms with Crippen LogP contribution in [-0.4, -0.2) is 32.7 Å². The van der Waals surface area contributed by atoms with E-state index in [-0.39, 0.29) is 12.4 Å². The van der Waals surface area contributed by atoms with Gasteiger partial charge in [-0.2, -0.15) is 0 Å². The fourth-order valence-corrected chi connectivity index (χ4v) is 1.59. The molecular formula is C9H21ClN2. The number of hydrogen-bond acceptors (Lipinski definition) is 1. The van der Waals surface area contributed by atoms with Crippen molar-refractivity contribution in [3.63, 3.8) is 0 Å². The highest BCUT2D eigenvalue weighted by Crippen LogP contribution is 2.18. The Bertz CT molecular complexity index is 131. The molecule has 2 nitrogen and oxygen atoms in total. The minimum Gasteiger partial charge on any atom is -1.00 e. The van der Waals surface area contributed by atoms with Gasteiger partial charge in [0.2, 0.25) is 0 Å². The number of likely N-dealkylation sites (N-methyl/N-ethyl adjacent to an activating group) is 1. The van der Waals surface area contributed by atoms with Gasteiger partial charge in [0, 0.05) is 6.54 Å². The van der Waals surface area contributed by atoms with Crippen LogP contribution in [0.2, 0.25) is 0 Å². The molecule has 2 N–H and O–H groups in total. The second-order valence-corrected chi connectivity index (χ2v) is 4.78. The van der Waals surface area contributed by atoms with Crippen LogP contribution in [0, 0.1) is 5.41 Å². The van der Waals surface area contributed by atoms with Crippen molar-refractivity contribution in [2.24, 2.45) is 5.41 Å². The van der Waals surface area contributed by atoms with Gasteiger partial charge < -0.3 is 22.6 Å². The van der Waals surface area contributed by atoms with E-state index < -0.39 is 0 Å². The van der Waals surface area contributed by atoms with Gasteiger partial charge in [-0.25, -0.2) is 0 Å². The third-order valence-electron chi connectivity index (χ3n) is 2.54. The minimum absolute atomic E-state index is 0. The standard InChI is InChI=1S/C9H20N2.ClH/c1-9(2,3)8-7-11(4)6-5-10-8;/h8,10H,5-7H2,1-4H3;1H. The highest BCUT2D eigenvalue weighted by atomic mass is 35.5. The molecular weight excluding hydrogens is 172 g/mol. The van der Waals surface area contributed by atoms with Gasteiger partial charge >= 0.3 is 0 Å². The quantitative estimate of drug-likeness (QED) is 0.408. The Morgan fingerprint density at radius 1 is 1.33 bits per heavy atom. The van der Waals surface area contributed by atoms with Gasteiger partial charge in [0.1, 0.15) is 0 Å². The third kappa shape index (κ3) is 3.30. The van der Waals surface area contributed by atoms with E-state index in [1.807, 2.05) is 0 Å². The average Bonchev–Trinajstić information content (AvgIpc) is 1.86. The molecule has 1 saturated heterocycles. The van der Waals surface area contributed by atoms with Crippen LogP contribution in [0.1, 0.15) is 20.8 Å². The van der Waals surface area contributed by atoms with E-state index in [0.29, 0.717) is 11.5 Å². The fourth-order valence-electron chi connectivity index (χ4n) is 1.59.